The summed E-state index contributed by atoms with van der Waals surface area (Å²) in [7, 11) is 0. The van der Waals surface area contributed by atoms with Crippen LogP contribution < -0.4 is 9.80 Å². The summed E-state index contributed by atoms with van der Waals surface area (Å²) in [6.45, 7) is 5.42. The number of carbonyl (C=O) groups is 3. The van der Waals surface area contributed by atoms with Crippen LogP contribution in [0.3, 0.4) is 0 Å². The molecule has 0 saturated carbocycles. The van der Waals surface area contributed by atoms with E-state index in [9.17, 15) is 27.6 Å². The molecule has 2 heterocycles. The molecule has 1 aromatic rings. The van der Waals surface area contributed by atoms with Crippen LogP contribution in [0.4, 0.5) is 23.7 Å². The molecule has 4 amide bonds. The van der Waals surface area contributed by atoms with Crippen LogP contribution in [-0.2, 0) is 15.8 Å². The van der Waals surface area contributed by atoms with E-state index in [2.05, 4.69) is 0 Å². The maximum atomic E-state index is 12.9. The fourth-order valence-corrected chi connectivity index (χ4v) is 3.46. The molecule has 2 saturated heterocycles. The number of benzene rings is 1. The van der Waals surface area contributed by atoms with Gasteiger partial charge < -0.3 is 9.80 Å². The maximum Gasteiger partial charge on any atom is 0.416 e. The molecular weight excluding hydrogens is 377 g/mol. The molecule has 10 heteroatoms. The average Bonchev–Trinajstić information content (AvgIpc) is 2.85. The lowest BCUT2D eigenvalue weighted by Gasteiger charge is -2.34. The zero-order valence-electron chi connectivity index (χ0n) is 15.6. The average molecular weight is 399 g/mol. The quantitative estimate of drug-likeness (QED) is 0.594. The van der Waals surface area contributed by atoms with Gasteiger partial charge in [0, 0.05) is 11.7 Å². The highest BCUT2D eigenvalue weighted by Crippen LogP contribution is 2.31. The molecule has 0 unspecified atom stereocenters. The highest BCUT2D eigenvalue weighted by molar-refractivity contribution is 6.44. The van der Waals surface area contributed by atoms with Gasteiger partial charge in [-0.2, -0.15) is 13.2 Å². The Bertz CT molecular complexity index is 789. The molecular formula is C18H22F3N4O3+. The van der Waals surface area contributed by atoms with Gasteiger partial charge in [0.2, 0.25) is 0 Å². The Balaban J connectivity index is 1.61. The standard InChI is InChI=1S/C18H21F3N4O3/c1-12(2)25-16(27)15(26)24(17(25)28)11-22-6-8-23(9-7-22)14-5-3-4-13(10-14)18(19,20)21/h3-5,10,12H,6-9,11H2,1-2H3/p+1. The molecule has 2 aliphatic rings. The number of nitrogens with zero attached hydrogens (tertiary/aromatic N) is 3. The van der Waals surface area contributed by atoms with Gasteiger partial charge in [-0.1, -0.05) is 6.07 Å². The third kappa shape index (κ3) is 3.82. The number of hydrogen-bond donors (Lipinski definition) is 1. The van der Waals surface area contributed by atoms with E-state index in [4.69, 9.17) is 0 Å². The largest absolute Gasteiger partial charge is 0.416 e. The van der Waals surface area contributed by atoms with Crippen LogP contribution in [0.25, 0.3) is 0 Å². The number of imide groups is 2. The van der Waals surface area contributed by atoms with Gasteiger partial charge in [0.25, 0.3) is 0 Å². The highest BCUT2D eigenvalue weighted by Gasteiger charge is 2.47. The van der Waals surface area contributed by atoms with Crippen molar-refractivity contribution in [3.05, 3.63) is 29.8 Å². The van der Waals surface area contributed by atoms with E-state index >= 15 is 0 Å². The summed E-state index contributed by atoms with van der Waals surface area (Å²) in [5.74, 6) is -1.64. The number of hydrogen-bond acceptors (Lipinski definition) is 4. The summed E-state index contributed by atoms with van der Waals surface area (Å²) in [5, 5.41) is 0. The molecule has 1 aromatic carbocycles. The molecule has 28 heavy (non-hydrogen) atoms. The topological polar surface area (TPSA) is 65.4 Å². The SMILES string of the molecule is CC(C)N1C(=O)C(=O)N(C[NH+]2CCN(c3cccc(C(F)(F)F)c3)CC2)C1=O. The number of quaternary nitrogens is 1. The summed E-state index contributed by atoms with van der Waals surface area (Å²) in [6.07, 6.45) is -4.39. The summed E-state index contributed by atoms with van der Waals surface area (Å²) in [6, 6.07) is 4.16. The maximum absolute atomic E-state index is 12.9. The van der Waals surface area contributed by atoms with Gasteiger partial charge in [0.1, 0.15) is 0 Å². The van der Waals surface area contributed by atoms with Gasteiger partial charge in [-0.25, -0.2) is 9.69 Å². The number of rotatable bonds is 4. The molecule has 2 aliphatic heterocycles. The predicted octanol–water partition coefficient (Wildman–Crippen LogP) is 0.567. The summed E-state index contributed by atoms with van der Waals surface area (Å²) in [5.41, 5.74) is -0.205. The number of piperazine rings is 1. The van der Waals surface area contributed by atoms with Crippen LogP contribution in [0.5, 0.6) is 0 Å². The number of anilines is 1. The van der Waals surface area contributed by atoms with Gasteiger partial charge in [0.05, 0.1) is 31.7 Å². The van der Waals surface area contributed by atoms with Gasteiger partial charge in [-0.3, -0.25) is 14.5 Å². The number of alkyl halides is 3. The fourth-order valence-electron chi connectivity index (χ4n) is 3.46. The second kappa shape index (κ2) is 7.42. The van der Waals surface area contributed by atoms with Gasteiger partial charge in [0.15, 0.2) is 6.67 Å². The first-order valence-corrected chi connectivity index (χ1v) is 9.04. The Morgan fingerprint density at radius 3 is 2.25 bits per heavy atom. The number of carbonyl (C=O) groups excluding carboxylic acids is 3. The van der Waals surface area contributed by atoms with Crippen LogP contribution in [0, 0.1) is 0 Å². The minimum Gasteiger partial charge on any atom is -0.360 e. The van der Waals surface area contributed by atoms with E-state index in [0.29, 0.717) is 31.9 Å². The zero-order chi connectivity index (χ0) is 20.6. The number of halogens is 3. The lowest BCUT2D eigenvalue weighted by molar-refractivity contribution is -0.907. The molecule has 0 bridgehead atoms. The van der Waals surface area contributed by atoms with Crippen LogP contribution >= 0.6 is 0 Å². The minimum atomic E-state index is -4.39. The first-order valence-electron chi connectivity index (χ1n) is 9.04. The molecule has 0 atom stereocenters. The van der Waals surface area contributed by atoms with Crippen molar-refractivity contribution in [3.63, 3.8) is 0 Å². The molecule has 0 spiro atoms. The van der Waals surface area contributed by atoms with E-state index in [1.54, 1.807) is 19.9 Å². The van der Waals surface area contributed by atoms with Crippen molar-refractivity contribution >= 4 is 23.5 Å². The second-order valence-electron chi connectivity index (χ2n) is 7.23. The van der Waals surface area contributed by atoms with E-state index in [1.165, 1.54) is 6.07 Å². The molecule has 3 rings (SSSR count). The number of urea groups is 1. The van der Waals surface area contributed by atoms with Crippen LogP contribution in [-0.4, -0.2) is 66.5 Å². The molecule has 2 fully saturated rings. The van der Waals surface area contributed by atoms with Crippen molar-refractivity contribution < 1.29 is 32.5 Å². The second-order valence-corrected chi connectivity index (χ2v) is 7.23. The highest BCUT2D eigenvalue weighted by atomic mass is 19.4. The molecule has 0 aromatic heterocycles. The Morgan fingerprint density at radius 1 is 1.07 bits per heavy atom. The Kier molecular flexibility index (Phi) is 5.33. The monoisotopic (exact) mass is 399 g/mol. The van der Waals surface area contributed by atoms with Crippen molar-refractivity contribution in [1.29, 1.82) is 0 Å². The number of amides is 4. The third-order valence-electron chi connectivity index (χ3n) is 4.99. The van der Waals surface area contributed by atoms with Crippen LogP contribution in [0.1, 0.15) is 19.4 Å². The number of nitrogens with one attached hydrogen (secondary N) is 1. The molecule has 1 N–H and O–H groups in total. The normalized spacial score (nSPS) is 19.4. The predicted molar refractivity (Wildman–Crippen MR) is 93.4 cm³/mol. The lowest BCUT2D eigenvalue weighted by Crippen LogP contribution is -3.16. The van der Waals surface area contributed by atoms with Crippen molar-refractivity contribution in [3.8, 4) is 0 Å². The third-order valence-corrected chi connectivity index (χ3v) is 4.99. The van der Waals surface area contributed by atoms with Crippen molar-refractivity contribution in [2.24, 2.45) is 0 Å². The molecule has 7 nitrogen and oxygen atoms in total. The van der Waals surface area contributed by atoms with E-state index < -0.39 is 35.6 Å². The van der Waals surface area contributed by atoms with Crippen LogP contribution in [0.15, 0.2) is 24.3 Å². The van der Waals surface area contributed by atoms with E-state index in [-0.39, 0.29) is 6.67 Å². The first-order chi connectivity index (χ1) is 13.1. The van der Waals surface area contributed by atoms with E-state index in [0.717, 1.165) is 26.8 Å². The van der Waals surface area contributed by atoms with Crippen molar-refractivity contribution in [1.82, 2.24) is 9.80 Å². The summed E-state index contributed by atoms with van der Waals surface area (Å²) >= 11 is 0. The lowest BCUT2D eigenvalue weighted by atomic mass is 10.1. The smallest absolute Gasteiger partial charge is 0.360 e. The van der Waals surface area contributed by atoms with E-state index in [1.807, 2.05) is 4.90 Å². The Morgan fingerprint density at radius 2 is 1.71 bits per heavy atom. The van der Waals surface area contributed by atoms with Gasteiger partial charge >= 0.3 is 24.0 Å². The first kappa shape index (κ1) is 20.1. The summed E-state index contributed by atoms with van der Waals surface area (Å²) < 4.78 is 38.7. The zero-order valence-corrected chi connectivity index (χ0v) is 15.6. The minimum absolute atomic E-state index is 0.0725. The fraction of sp³-hybridized carbons (Fsp3) is 0.500. The summed E-state index contributed by atoms with van der Waals surface area (Å²) in [4.78, 5) is 41.1. The molecule has 0 radical (unpaired) electrons. The molecule has 152 valence electrons. The van der Waals surface area contributed by atoms with Gasteiger partial charge in [-0.05, 0) is 32.0 Å². The van der Waals surface area contributed by atoms with Gasteiger partial charge in [-0.15, -0.1) is 0 Å². The Labute approximate surface area is 160 Å². The van der Waals surface area contributed by atoms with Crippen molar-refractivity contribution in [2.45, 2.75) is 26.1 Å². The van der Waals surface area contributed by atoms with Crippen LogP contribution in [0.2, 0.25) is 0 Å². The van der Waals surface area contributed by atoms with Crippen molar-refractivity contribution in [2.75, 3.05) is 37.7 Å². The molecule has 0 aliphatic carbocycles. The Hall–Kier alpha value is -2.62.